The molecule has 150 valence electrons. The van der Waals surface area contributed by atoms with Gasteiger partial charge in [-0.3, -0.25) is 9.59 Å². The van der Waals surface area contributed by atoms with E-state index in [1.165, 1.54) is 26.1 Å². The van der Waals surface area contributed by atoms with Gasteiger partial charge in [-0.1, -0.05) is 35.4 Å². The summed E-state index contributed by atoms with van der Waals surface area (Å²) in [5, 5.41) is 2.64. The summed E-state index contributed by atoms with van der Waals surface area (Å²) in [5.41, 5.74) is 2.56. The van der Waals surface area contributed by atoms with E-state index in [0.717, 1.165) is 15.4 Å². The average molecular weight is 404 g/mol. The number of benzene rings is 2. The van der Waals surface area contributed by atoms with E-state index >= 15 is 0 Å². The Hall–Kier alpha value is -2.71. The summed E-state index contributed by atoms with van der Waals surface area (Å²) < 4.78 is 31.0. The van der Waals surface area contributed by atoms with E-state index < -0.39 is 34.5 Å². The van der Waals surface area contributed by atoms with E-state index in [1.807, 2.05) is 26.0 Å². The van der Waals surface area contributed by atoms with Crippen LogP contribution in [-0.2, 0) is 24.3 Å². The largest absolute Gasteiger partial charge is 0.452 e. The number of aryl methyl sites for hydroxylation is 2. The first-order valence-electron chi connectivity index (χ1n) is 8.69. The van der Waals surface area contributed by atoms with Crippen molar-refractivity contribution in [2.75, 3.05) is 18.9 Å². The second-order valence-corrected chi connectivity index (χ2v) is 8.61. The summed E-state index contributed by atoms with van der Waals surface area (Å²) in [6, 6.07) is 13.5. The molecule has 2 rings (SSSR count). The number of sulfonamides is 1. The molecule has 0 bridgehead atoms. The molecule has 0 aliphatic rings. The van der Waals surface area contributed by atoms with Crippen LogP contribution in [0.3, 0.4) is 0 Å². The number of amides is 1. The number of nitrogens with zero attached hydrogens (tertiary/aromatic N) is 1. The Kier molecular flexibility index (Phi) is 6.93. The van der Waals surface area contributed by atoms with E-state index in [2.05, 4.69) is 5.32 Å². The number of rotatable bonds is 7. The van der Waals surface area contributed by atoms with Gasteiger partial charge in [-0.05, 0) is 45.0 Å². The minimum Gasteiger partial charge on any atom is -0.452 e. The maximum absolute atomic E-state index is 12.5. The lowest BCUT2D eigenvalue weighted by Gasteiger charge is -2.18. The van der Waals surface area contributed by atoms with Crippen molar-refractivity contribution in [2.45, 2.75) is 31.8 Å². The summed E-state index contributed by atoms with van der Waals surface area (Å²) >= 11 is 0. The number of nitrogens with one attached hydrogen (secondary N) is 1. The molecule has 0 aliphatic carbocycles. The maximum atomic E-state index is 12.5. The van der Waals surface area contributed by atoms with E-state index in [1.54, 1.807) is 24.3 Å². The molecule has 8 heteroatoms. The molecule has 1 amide bonds. The second kappa shape index (κ2) is 8.99. The summed E-state index contributed by atoms with van der Waals surface area (Å²) in [7, 11) is -2.54. The zero-order valence-corrected chi connectivity index (χ0v) is 17.1. The minimum absolute atomic E-state index is 0.0820. The molecule has 0 radical (unpaired) electrons. The number of carbonyl (C=O) groups excluding carboxylic acids is 2. The fraction of sp³-hybridized carbons (Fsp3) is 0.300. The minimum atomic E-state index is -3.83. The zero-order valence-electron chi connectivity index (χ0n) is 16.3. The Labute approximate surface area is 165 Å². The third-order valence-corrected chi connectivity index (χ3v) is 5.90. The standard InChI is InChI=1S/C20H24N2O5S/c1-14-5-9-17(10-6-14)21-20(24)16(3)27-19(23)13-22(4)28(25,26)18-11-7-15(2)8-12-18/h5-12,16H,13H2,1-4H3,(H,21,24)/t16-/m1/s1. The number of carbonyl (C=O) groups is 2. The highest BCUT2D eigenvalue weighted by Gasteiger charge is 2.25. The number of anilines is 1. The molecule has 0 aliphatic heterocycles. The van der Waals surface area contributed by atoms with E-state index in [0.29, 0.717) is 5.69 Å². The van der Waals surface area contributed by atoms with Crippen LogP contribution in [0.5, 0.6) is 0 Å². The van der Waals surface area contributed by atoms with Gasteiger partial charge in [-0.2, -0.15) is 4.31 Å². The van der Waals surface area contributed by atoms with Crippen LogP contribution in [0.15, 0.2) is 53.4 Å². The Morgan fingerprint density at radius 1 is 1.00 bits per heavy atom. The molecule has 1 N–H and O–H groups in total. The number of likely N-dealkylation sites (N-methyl/N-ethyl adjacent to an activating group) is 1. The third-order valence-electron chi connectivity index (χ3n) is 4.08. The van der Waals surface area contributed by atoms with Crippen molar-refractivity contribution in [1.82, 2.24) is 4.31 Å². The molecule has 0 unspecified atom stereocenters. The molecule has 0 saturated carbocycles. The van der Waals surface area contributed by atoms with Crippen molar-refractivity contribution < 1.29 is 22.7 Å². The fourth-order valence-electron chi connectivity index (χ4n) is 2.33. The number of hydrogen-bond acceptors (Lipinski definition) is 5. The summed E-state index contributed by atoms with van der Waals surface area (Å²) in [4.78, 5) is 24.3. The number of hydrogen-bond donors (Lipinski definition) is 1. The topological polar surface area (TPSA) is 92.8 Å². The van der Waals surface area contributed by atoms with E-state index in [4.69, 9.17) is 4.74 Å². The smallest absolute Gasteiger partial charge is 0.322 e. The van der Waals surface area contributed by atoms with Crippen LogP contribution >= 0.6 is 0 Å². The third kappa shape index (κ3) is 5.64. The molecule has 0 fully saturated rings. The monoisotopic (exact) mass is 404 g/mol. The van der Waals surface area contributed by atoms with Crippen LogP contribution in [0.2, 0.25) is 0 Å². The normalized spacial score (nSPS) is 12.5. The van der Waals surface area contributed by atoms with Gasteiger partial charge in [0.1, 0.15) is 6.54 Å². The molecule has 28 heavy (non-hydrogen) atoms. The molecule has 0 aromatic heterocycles. The number of esters is 1. The Balaban J connectivity index is 1.93. The predicted molar refractivity (Wildman–Crippen MR) is 106 cm³/mol. The highest BCUT2D eigenvalue weighted by atomic mass is 32.2. The van der Waals surface area contributed by atoms with Crippen molar-refractivity contribution in [1.29, 1.82) is 0 Å². The highest BCUT2D eigenvalue weighted by molar-refractivity contribution is 7.89. The van der Waals surface area contributed by atoms with Gasteiger partial charge in [-0.25, -0.2) is 8.42 Å². The molecule has 2 aromatic carbocycles. The highest BCUT2D eigenvalue weighted by Crippen LogP contribution is 2.15. The first kappa shape index (κ1) is 21.6. The lowest BCUT2D eigenvalue weighted by Crippen LogP contribution is -2.37. The zero-order chi connectivity index (χ0) is 20.9. The van der Waals surface area contributed by atoms with Crippen molar-refractivity contribution in [3.8, 4) is 0 Å². The lowest BCUT2D eigenvalue weighted by atomic mass is 10.2. The Morgan fingerprint density at radius 3 is 2.04 bits per heavy atom. The average Bonchev–Trinajstić information content (AvgIpc) is 2.63. The Morgan fingerprint density at radius 2 is 1.50 bits per heavy atom. The quantitative estimate of drug-likeness (QED) is 0.716. The van der Waals surface area contributed by atoms with Crippen LogP contribution in [-0.4, -0.2) is 44.3 Å². The maximum Gasteiger partial charge on any atom is 0.322 e. The van der Waals surface area contributed by atoms with Gasteiger partial charge in [0.2, 0.25) is 10.0 Å². The van der Waals surface area contributed by atoms with Gasteiger partial charge < -0.3 is 10.1 Å². The molecule has 0 heterocycles. The van der Waals surface area contributed by atoms with Gasteiger partial charge in [0, 0.05) is 12.7 Å². The van der Waals surface area contributed by atoms with E-state index in [9.17, 15) is 18.0 Å². The van der Waals surface area contributed by atoms with Crippen LogP contribution in [0.1, 0.15) is 18.1 Å². The molecular formula is C20H24N2O5S. The van der Waals surface area contributed by atoms with Crippen molar-refractivity contribution >= 4 is 27.6 Å². The van der Waals surface area contributed by atoms with Crippen molar-refractivity contribution in [3.05, 3.63) is 59.7 Å². The SMILES string of the molecule is Cc1ccc(NC(=O)[C@@H](C)OC(=O)CN(C)S(=O)(=O)c2ccc(C)cc2)cc1. The van der Waals surface area contributed by atoms with Crippen molar-refractivity contribution in [3.63, 3.8) is 0 Å². The van der Waals surface area contributed by atoms with Gasteiger partial charge in [0.25, 0.3) is 5.91 Å². The van der Waals surface area contributed by atoms with Crippen LogP contribution in [0.4, 0.5) is 5.69 Å². The van der Waals surface area contributed by atoms with Gasteiger partial charge in [0.05, 0.1) is 4.90 Å². The van der Waals surface area contributed by atoms with Gasteiger partial charge in [0.15, 0.2) is 6.10 Å². The lowest BCUT2D eigenvalue weighted by molar-refractivity contribution is -0.153. The van der Waals surface area contributed by atoms with E-state index in [-0.39, 0.29) is 4.90 Å². The molecular weight excluding hydrogens is 380 g/mol. The molecule has 1 atom stereocenters. The first-order valence-corrected chi connectivity index (χ1v) is 10.1. The van der Waals surface area contributed by atoms with Crippen LogP contribution < -0.4 is 5.32 Å². The fourth-order valence-corrected chi connectivity index (χ4v) is 3.44. The predicted octanol–water partition coefficient (Wildman–Crippen LogP) is 2.49. The van der Waals surface area contributed by atoms with Gasteiger partial charge in [-0.15, -0.1) is 0 Å². The van der Waals surface area contributed by atoms with Gasteiger partial charge >= 0.3 is 5.97 Å². The Bertz CT molecular complexity index is 938. The number of ether oxygens (including phenoxy) is 1. The summed E-state index contributed by atoms with van der Waals surface area (Å²) in [6.07, 6.45) is -1.07. The molecule has 7 nitrogen and oxygen atoms in total. The van der Waals surface area contributed by atoms with Crippen LogP contribution in [0, 0.1) is 13.8 Å². The summed E-state index contributed by atoms with van der Waals surface area (Å²) in [6.45, 7) is 4.70. The van der Waals surface area contributed by atoms with Crippen molar-refractivity contribution in [2.24, 2.45) is 0 Å². The molecule has 0 saturated heterocycles. The molecule has 0 spiro atoms. The first-order chi connectivity index (χ1) is 13.1. The molecule has 2 aromatic rings. The summed E-state index contributed by atoms with van der Waals surface area (Å²) in [5.74, 6) is -1.31. The second-order valence-electron chi connectivity index (χ2n) is 6.56. The van der Waals surface area contributed by atoms with Crippen LogP contribution in [0.25, 0.3) is 0 Å².